The SMILES string of the molecule is O=C(O)C1CCN(C(=O)NC2CCCS(=O)(=O)C2)C1. The van der Waals surface area contributed by atoms with Crippen LogP contribution in [0.3, 0.4) is 0 Å². The molecule has 19 heavy (non-hydrogen) atoms. The van der Waals surface area contributed by atoms with Gasteiger partial charge in [0.05, 0.1) is 17.4 Å². The lowest BCUT2D eigenvalue weighted by Crippen LogP contribution is -2.48. The number of hydrogen-bond donors (Lipinski definition) is 2. The van der Waals surface area contributed by atoms with Crippen molar-refractivity contribution in [2.75, 3.05) is 24.6 Å². The normalized spacial score (nSPS) is 30.0. The van der Waals surface area contributed by atoms with Gasteiger partial charge in [-0.15, -0.1) is 0 Å². The largest absolute Gasteiger partial charge is 0.481 e. The fraction of sp³-hybridized carbons (Fsp3) is 0.818. The molecule has 0 saturated carbocycles. The summed E-state index contributed by atoms with van der Waals surface area (Å²) >= 11 is 0. The standard InChI is InChI=1S/C11H18N2O5S/c14-10(15)8-3-4-13(6-8)11(16)12-9-2-1-5-19(17,18)7-9/h8-9H,1-7H2,(H,12,16)(H,14,15). The molecule has 2 heterocycles. The lowest BCUT2D eigenvalue weighted by molar-refractivity contribution is -0.141. The third-order valence-corrected chi connectivity index (χ3v) is 5.44. The first kappa shape index (κ1) is 14.1. The summed E-state index contributed by atoms with van der Waals surface area (Å²) in [6.45, 7) is 0.600. The molecule has 0 aromatic carbocycles. The molecular formula is C11H18N2O5S. The summed E-state index contributed by atoms with van der Waals surface area (Å²) in [7, 11) is -3.05. The van der Waals surface area contributed by atoms with Crippen LogP contribution >= 0.6 is 0 Å². The molecule has 2 saturated heterocycles. The molecule has 2 unspecified atom stereocenters. The molecule has 8 heteroatoms. The van der Waals surface area contributed by atoms with E-state index >= 15 is 0 Å². The van der Waals surface area contributed by atoms with Crippen molar-refractivity contribution in [2.24, 2.45) is 5.92 Å². The van der Waals surface area contributed by atoms with Crippen LogP contribution in [-0.4, -0.2) is 61.1 Å². The Labute approximate surface area is 111 Å². The van der Waals surface area contributed by atoms with Gasteiger partial charge in [0.2, 0.25) is 0 Å². The summed E-state index contributed by atoms with van der Waals surface area (Å²) in [6, 6.07) is -0.707. The Kier molecular flexibility index (Phi) is 3.98. The number of amides is 2. The van der Waals surface area contributed by atoms with E-state index in [4.69, 9.17) is 5.11 Å². The van der Waals surface area contributed by atoms with Crippen LogP contribution in [0.5, 0.6) is 0 Å². The van der Waals surface area contributed by atoms with Crippen LogP contribution in [0.2, 0.25) is 0 Å². The number of sulfone groups is 1. The number of hydrogen-bond acceptors (Lipinski definition) is 4. The number of nitrogens with one attached hydrogen (secondary N) is 1. The second-order valence-electron chi connectivity index (χ2n) is 5.17. The zero-order chi connectivity index (χ0) is 14.0. The van der Waals surface area contributed by atoms with E-state index < -0.39 is 21.7 Å². The summed E-state index contributed by atoms with van der Waals surface area (Å²) in [5.41, 5.74) is 0. The van der Waals surface area contributed by atoms with E-state index in [2.05, 4.69) is 5.32 Å². The highest BCUT2D eigenvalue weighted by Crippen LogP contribution is 2.17. The average Bonchev–Trinajstić information content (AvgIpc) is 2.76. The van der Waals surface area contributed by atoms with Crippen molar-refractivity contribution in [3.8, 4) is 0 Å². The summed E-state index contributed by atoms with van der Waals surface area (Å²) in [5, 5.41) is 11.6. The van der Waals surface area contributed by atoms with Gasteiger partial charge in [-0.25, -0.2) is 13.2 Å². The summed E-state index contributed by atoms with van der Waals surface area (Å²) < 4.78 is 22.9. The molecule has 0 aromatic heterocycles. The molecule has 0 radical (unpaired) electrons. The van der Waals surface area contributed by atoms with Gasteiger partial charge in [0, 0.05) is 19.1 Å². The molecule has 2 fully saturated rings. The van der Waals surface area contributed by atoms with Crippen LogP contribution in [-0.2, 0) is 14.6 Å². The second-order valence-corrected chi connectivity index (χ2v) is 7.40. The van der Waals surface area contributed by atoms with Crippen molar-refractivity contribution in [3.63, 3.8) is 0 Å². The fourth-order valence-electron chi connectivity index (χ4n) is 2.55. The molecule has 2 aliphatic rings. The van der Waals surface area contributed by atoms with Crippen LogP contribution < -0.4 is 5.32 Å². The molecule has 2 aliphatic heterocycles. The van der Waals surface area contributed by atoms with Crippen molar-refractivity contribution in [1.82, 2.24) is 10.2 Å². The lowest BCUT2D eigenvalue weighted by Gasteiger charge is -2.26. The maximum absolute atomic E-state index is 11.9. The van der Waals surface area contributed by atoms with E-state index in [-0.39, 0.29) is 30.1 Å². The van der Waals surface area contributed by atoms with Gasteiger partial charge < -0.3 is 15.3 Å². The Bertz CT molecular complexity index is 475. The molecule has 0 aliphatic carbocycles. The van der Waals surface area contributed by atoms with Crippen molar-refractivity contribution in [2.45, 2.75) is 25.3 Å². The molecular weight excluding hydrogens is 272 g/mol. The van der Waals surface area contributed by atoms with E-state index in [9.17, 15) is 18.0 Å². The van der Waals surface area contributed by atoms with Gasteiger partial charge in [0.15, 0.2) is 9.84 Å². The predicted octanol–water partition coefficient (Wildman–Crippen LogP) is -0.320. The maximum atomic E-state index is 11.9. The first-order valence-corrected chi connectivity index (χ1v) is 8.18. The number of carbonyl (C=O) groups excluding carboxylic acids is 1. The Balaban J connectivity index is 1.86. The maximum Gasteiger partial charge on any atom is 0.317 e. The van der Waals surface area contributed by atoms with Crippen LogP contribution in [0.25, 0.3) is 0 Å². The van der Waals surface area contributed by atoms with Crippen LogP contribution in [0.1, 0.15) is 19.3 Å². The van der Waals surface area contributed by atoms with Crippen LogP contribution in [0.15, 0.2) is 0 Å². The van der Waals surface area contributed by atoms with Crippen molar-refractivity contribution in [1.29, 1.82) is 0 Å². The topological polar surface area (TPSA) is 104 Å². The van der Waals surface area contributed by atoms with E-state index in [0.717, 1.165) is 0 Å². The highest BCUT2D eigenvalue weighted by molar-refractivity contribution is 7.91. The zero-order valence-corrected chi connectivity index (χ0v) is 11.4. The van der Waals surface area contributed by atoms with Gasteiger partial charge in [-0.2, -0.15) is 0 Å². The first-order valence-electron chi connectivity index (χ1n) is 6.36. The van der Waals surface area contributed by atoms with Gasteiger partial charge in [-0.05, 0) is 19.3 Å². The molecule has 0 spiro atoms. The minimum Gasteiger partial charge on any atom is -0.481 e. The fourth-order valence-corrected chi connectivity index (χ4v) is 4.19. The van der Waals surface area contributed by atoms with E-state index in [1.807, 2.05) is 0 Å². The van der Waals surface area contributed by atoms with Gasteiger partial charge in [-0.3, -0.25) is 4.79 Å². The van der Waals surface area contributed by atoms with Gasteiger partial charge in [0.1, 0.15) is 0 Å². The predicted molar refractivity (Wildman–Crippen MR) is 67.5 cm³/mol. The molecule has 0 bridgehead atoms. The number of urea groups is 1. The highest BCUT2D eigenvalue weighted by Gasteiger charge is 2.33. The molecule has 2 rings (SSSR count). The molecule has 0 aromatic rings. The lowest BCUT2D eigenvalue weighted by atomic mass is 10.1. The number of likely N-dealkylation sites (tertiary alicyclic amines) is 1. The quantitative estimate of drug-likeness (QED) is 0.725. The Morgan fingerprint density at radius 1 is 1.26 bits per heavy atom. The van der Waals surface area contributed by atoms with Crippen molar-refractivity contribution in [3.05, 3.63) is 0 Å². The third kappa shape index (κ3) is 3.59. The van der Waals surface area contributed by atoms with Crippen molar-refractivity contribution >= 4 is 21.8 Å². The number of carboxylic acids is 1. The Morgan fingerprint density at radius 2 is 2.00 bits per heavy atom. The van der Waals surface area contributed by atoms with E-state index in [1.165, 1.54) is 4.90 Å². The van der Waals surface area contributed by atoms with Gasteiger partial charge in [-0.1, -0.05) is 0 Å². The average molecular weight is 290 g/mol. The molecule has 7 nitrogen and oxygen atoms in total. The third-order valence-electron chi connectivity index (χ3n) is 3.62. The number of nitrogens with zero attached hydrogens (tertiary/aromatic N) is 1. The monoisotopic (exact) mass is 290 g/mol. The van der Waals surface area contributed by atoms with E-state index in [1.54, 1.807) is 0 Å². The number of rotatable bonds is 2. The molecule has 2 amide bonds. The first-order chi connectivity index (χ1) is 8.87. The minimum absolute atomic E-state index is 0.0189. The molecule has 2 N–H and O–H groups in total. The van der Waals surface area contributed by atoms with Crippen LogP contribution in [0, 0.1) is 5.92 Å². The number of aliphatic carboxylic acids is 1. The Morgan fingerprint density at radius 3 is 2.58 bits per heavy atom. The zero-order valence-electron chi connectivity index (χ0n) is 10.5. The summed E-state index contributed by atoms with van der Waals surface area (Å²) in [5.74, 6) is -1.24. The second kappa shape index (κ2) is 5.36. The van der Waals surface area contributed by atoms with Gasteiger partial charge >= 0.3 is 12.0 Å². The van der Waals surface area contributed by atoms with Crippen molar-refractivity contribution < 1.29 is 23.1 Å². The summed E-state index contributed by atoms with van der Waals surface area (Å²) in [6.07, 6.45) is 1.66. The van der Waals surface area contributed by atoms with E-state index in [0.29, 0.717) is 25.8 Å². The smallest absolute Gasteiger partial charge is 0.317 e. The highest BCUT2D eigenvalue weighted by atomic mass is 32.2. The van der Waals surface area contributed by atoms with Gasteiger partial charge in [0.25, 0.3) is 0 Å². The number of carboxylic acid groups (broad SMARTS) is 1. The number of carbonyl (C=O) groups is 2. The molecule has 108 valence electrons. The minimum atomic E-state index is -3.05. The van der Waals surface area contributed by atoms with Crippen LogP contribution in [0.4, 0.5) is 4.79 Å². The Hall–Kier alpha value is -1.31. The molecule has 2 atom stereocenters. The summed E-state index contributed by atoms with van der Waals surface area (Å²) in [4.78, 5) is 24.2.